The summed E-state index contributed by atoms with van der Waals surface area (Å²) < 4.78 is 15.5. The summed E-state index contributed by atoms with van der Waals surface area (Å²) in [7, 11) is 0. The predicted octanol–water partition coefficient (Wildman–Crippen LogP) is 4.45. The van der Waals surface area contributed by atoms with Crippen molar-refractivity contribution < 1.29 is 14.3 Å². The maximum Gasteiger partial charge on any atom is 0.266 e. The molecule has 10 heteroatoms. The highest BCUT2D eigenvalue weighted by Gasteiger charge is 2.24. The molecule has 1 fully saturated rings. The van der Waals surface area contributed by atoms with Crippen molar-refractivity contribution in [3.63, 3.8) is 0 Å². The monoisotopic (exact) mass is 606 g/mol. The van der Waals surface area contributed by atoms with Crippen molar-refractivity contribution in [2.75, 3.05) is 32.8 Å². The van der Waals surface area contributed by atoms with E-state index in [9.17, 15) is 9.59 Å². The lowest BCUT2D eigenvalue weighted by Gasteiger charge is -2.34. The molecule has 0 saturated carbocycles. The number of benzene rings is 3. The summed E-state index contributed by atoms with van der Waals surface area (Å²) in [6.45, 7) is 9.43. The number of aromatic nitrogens is 4. The number of rotatable bonds is 10. The van der Waals surface area contributed by atoms with Crippen LogP contribution in [0.2, 0.25) is 0 Å². The van der Waals surface area contributed by atoms with Crippen LogP contribution in [0.1, 0.15) is 30.8 Å². The van der Waals surface area contributed by atoms with E-state index in [0.29, 0.717) is 73.2 Å². The van der Waals surface area contributed by atoms with Gasteiger partial charge in [-0.3, -0.25) is 19.1 Å². The number of nitrogens with zero attached hydrogens (tertiary/aromatic N) is 6. The number of carbonyl (C=O) groups is 1. The molecule has 3 aromatic carbocycles. The molecule has 0 N–H and O–H groups in total. The average molecular weight is 607 g/mol. The molecule has 5 aromatic rings. The van der Waals surface area contributed by atoms with Gasteiger partial charge in [0.15, 0.2) is 6.61 Å². The number of hydrogen-bond acceptors (Lipinski definition) is 7. The zero-order valence-electron chi connectivity index (χ0n) is 25.9. The highest BCUT2D eigenvalue weighted by Crippen LogP contribution is 2.26. The van der Waals surface area contributed by atoms with Crippen LogP contribution in [0.25, 0.3) is 16.6 Å². The molecule has 0 unspecified atom stereocenters. The second-order valence-corrected chi connectivity index (χ2v) is 11.6. The molecule has 6 rings (SSSR count). The number of aryl methyl sites for hydroxylation is 1. The molecule has 232 valence electrons. The van der Waals surface area contributed by atoms with Crippen LogP contribution < -0.4 is 15.0 Å². The van der Waals surface area contributed by atoms with Gasteiger partial charge in [-0.1, -0.05) is 35.9 Å². The Labute approximate surface area is 262 Å². The lowest BCUT2D eigenvalue weighted by atomic mass is 10.1. The molecule has 45 heavy (non-hydrogen) atoms. The Kier molecular flexibility index (Phi) is 8.93. The van der Waals surface area contributed by atoms with E-state index in [-0.39, 0.29) is 24.2 Å². The number of carbonyl (C=O) groups excluding carboxylic acids is 1. The molecule has 1 aliphatic rings. The van der Waals surface area contributed by atoms with Crippen LogP contribution in [0.4, 0.5) is 0 Å². The maximum atomic E-state index is 14.3. The molecule has 3 heterocycles. The zero-order valence-corrected chi connectivity index (χ0v) is 25.9. The van der Waals surface area contributed by atoms with E-state index in [4.69, 9.17) is 14.5 Å². The number of imidazole rings is 1. The van der Waals surface area contributed by atoms with E-state index in [1.807, 2.05) is 103 Å². The molecule has 2 aromatic heterocycles. The molecule has 10 nitrogen and oxygen atoms in total. The van der Waals surface area contributed by atoms with Crippen LogP contribution in [-0.2, 0) is 17.9 Å². The fourth-order valence-corrected chi connectivity index (χ4v) is 5.54. The third-order valence-electron chi connectivity index (χ3n) is 7.87. The normalized spacial score (nSPS) is 13.8. The van der Waals surface area contributed by atoms with Crippen LogP contribution in [0.5, 0.6) is 11.5 Å². The first-order valence-corrected chi connectivity index (χ1v) is 15.3. The number of amides is 1. The van der Waals surface area contributed by atoms with Gasteiger partial charge in [-0.05, 0) is 62.7 Å². The number of piperazine rings is 1. The number of hydrogen-bond donors (Lipinski definition) is 0. The topological polar surface area (TPSA) is 94.7 Å². The van der Waals surface area contributed by atoms with Crippen molar-refractivity contribution in [2.24, 2.45) is 0 Å². The van der Waals surface area contributed by atoms with Crippen LogP contribution in [-0.4, -0.2) is 73.7 Å². The zero-order chi connectivity index (χ0) is 31.3. The van der Waals surface area contributed by atoms with E-state index in [0.717, 1.165) is 11.1 Å². The minimum Gasteiger partial charge on any atom is -0.489 e. The summed E-state index contributed by atoms with van der Waals surface area (Å²) >= 11 is 0. The Balaban J connectivity index is 1.25. The molecular formula is C35H38N6O4. The van der Waals surface area contributed by atoms with E-state index >= 15 is 0 Å². The van der Waals surface area contributed by atoms with Crippen molar-refractivity contribution in [2.45, 2.75) is 40.0 Å². The van der Waals surface area contributed by atoms with Crippen molar-refractivity contribution in [3.8, 4) is 17.2 Å². The minimum atomic E-state index is -0.149. The lowest BCUT2D eigenvalue weighted by Crippen LogP contribution is -2.50. The summed E-state index contributed by atoms with van der Waals surface area (Å²) in [6.07, 6.45) is 5.32. The fourth-order valence-electron chi connectivity index (χ4n) is 5.54. The van der Waals surface area contributed by atoms with E-state index < -0.39 is 0 Å². The van der Waals surface area contributed by atoms with Gasteiger partial charge in [0.25, 0.3) is 11.5 Å². The van der Waals surface area contributed by atoms with E-state index in [1.165, 1.54) is 0 Å². The van der Waals surface area contributed by atoms with Crippen LogP contribution in [0, 0.1) is 6.92 Å². The van der Waals surface area contributed by atoms with Crippen LogP contribution in [0.15, 0.2) is 90.2 Å². The maximum absolute atomic E-state index is 14.3. The average Bonchev–Trinajstić information content (AvgIpc) is 3.55. The van der Waals surface area contributed by atoms with E-state index in [2.05, 4.69) is 9.88 Å². The highest BCUT2D eigenvalue weighted by atomic mass is 16.5. The van der Waals surface area contributed by atoms with Gasteiger partial charge < -0.3 is 18.9 Å². The molecule has 0 atom stereocenters. The molecular weight excluding hydrogens is 568 g/mol. The first-order valence-electron chi connectivity index (χ1n) is 15.3. The predicted molar refractivity (Wildman–Crippen MR) is 173 cm³/mol. The quantitative estimate of drug-likeness (QED) is 0.232. The van der Waals surface area contributed by atoms with Gasteiger partial charge in [0, 0.05) is 45.1 Å². The first-order chi connectivity index (χ1) is 21.8. The molecule has 1 aliphatic heterocycles. The third kappa shape index (κ3) is 7.07. The molecule has 0 radical (unpaired) electrons. The number of ether oxygens (including phenoxy) is 2. The van der Waals surface area contributed by atoms with E-state index in [1.54, 1.807) is 17.1 Å². The van der Waals surface area contributed by atoms with Crippen LogP contribution >= 0.6 is 0 Å². The van der Waals surface area contributed by atoms with Gasteiger partial charge in [0.1, 0.15) is 17.3 Å². The second-order valence-electron chi connectivity index (χ2n) is 11.6. The second kappa shape index (κ2) is 13.4. The lowest BCUT2D eigenvalue weighted by molar-refractivity contribution is -0.135. The third-order valence-corrected chi connectivity index (χ3v) is 7.87. The fraction of sp³-hybridized carbons (Fsp3) is 0.314. The summed E-state index contributed by atoms with van der Waals surface area (Å²) in [4.78, 5) is 40.4. The molecule has 1 amide bonds. The van der Waals surface area contributed by atoms with Gasteiger partial charge in [-0.15, -0.1) is 0 Å². The smallest absolute Gasteiger partial charge is 0.266 e. The number of fused-ring (bicyclic) bond motifs is 1. The van der Waals surface area contributed by atoms with Crippen LogP contribution in [0.3, 0.4) is 0 Å². The summed E-state index contributed by atoms with van der Waals surface area (Å²) in [5.41, 5.74) is 3.27. The molecule has 0 aliphatic carbocycles. The largest absolute Gasteiger partial charge is 0.489 e. The summed E-state index contributed by atoms with van der Waals surface area (Å²) in [6, 6.07) is 21.1. The molecule has 0 bridgehead atoms. The van der Waals surface area contributed by atoms with Crippen molar-refractivity contribution >= 4 is 16.8 Å². The van der Waals surface area contributed by atoms with Crippen molar-refractivity contribution in [1.82, 2.24) is 28.9 Å². The number of para-hydroxylation sites is 2. The Bertz CT molecular complexity index is 1820. The SMILES string of the molecule is Cc1ccc(OCC(=O)N2CCN(Cc3nc4ccc(Cn5ccnc5)cc4c(=O)n3-c3ccccc3OC(C)C)CC2)cc1. The molecule has 0 spiro atoms. The van der Waals surface area contributed by atoms with Crippen molar-refractivity contribution in [1.29, 1.82) is 0 Å². The van der Waals surface area contributed by atoms with Gasteiger partial charge in [0.2, 0.25) is 0 Å². The Morgan fingerprint density at radius 2 is 1.73 bits per heavy atom. The minimum absolute atomic E-state index is 0.00427. The molecule has 1 saturated heterocycles. The Morgan fingerprint density at radius 1 is 0.956 bits per heavy atom. The summed E-state index contributed by atoms with van der Waals surface area (Å²) in [5.74, 6) is 1.89. The first kappa shape index (κ1) is 30.1. The van der Waals surface area contributed by atoms with Gasteiger partial charge in [-0.2, -0.15) is 0 Å². The van der Waals surface area contributed by atoms with Gasteiger partial charge in [0.05, 0.1) is 35.6 Å². The Hall–Kier alpha value is -4.96. The standard InChI is InChI=1S/C35H38N6O4/c1-25(2)45-32-7-5-4-6-31(32)41-33(37-30-13-10-27(20-29(30)35(41)43)21-39-15-14-36-24-39)22-38-16-18-40(19-17-38)34(42)23-44-28-11-8-26(3)9-12-28/h4-15,20,24-25H,16-19,21-23H2,1-3H3. The highest BCUT2D eigenvalue weighted by molar-refractivity contribution is 5.79. The van der Waals surface area contributed by atoms with Gasteiger partial charge >= 0.3 is 0 Å². The Morgan fingerprint density at radius 3 is 2.47 bits per heavy atom. The van der Waals surface area contributed by atoms with Gasteiger partial charge in [-0.25, -0.2) is 9.97 Å². The van der Waals surface area contributed by atoms with Crippen molar-refractivity contribution in [3.05, 3.63) is 113 Å². The summed E-state index contributed by atoms with van der Waals surface area (Å²) in [5, 5.41) is 0.541.